The summed E-state index contributed by atoms with van der Waals surface area (Å²) < 4.78 is 5.17. The van der Waals surface area contributed by atoms with Crippen LogP contribution in [0.4, 0.5) is 0 Å². The molecule has 0 radical (unpaired) electrons. The fourth-order valence-corrected chi connectivity index (χ4v) is 2.44. The van der Waals surface area contributed by atoms with Gasteiger partial charge in [0.1, 0.15) is 5.75 Å². The molecule has 0 bridgehead atoms. The Labute approximate surface area is 116 Å². The van der Waals surface area contributed by atoms with Crippen LogP contribution >= 0.6 is 0 Å². The van der Waals surface area contributed by atoms with Crippen molar-refractivity contribution >= 4 is 10.9 Å². The molecule has 1 N–H and O–H groups in total. The van der Waals surface area contributed by atoms with Crippen molar-refractivity contribution in [3.05, 3.63) is 64.4 Å². The van der Waals surface area contributed by atoms with E-state index in [0.29, 0.717) is 0 Å². The zero-order valence-electron chi connectivity index (χ0n) is 11.4. The molecule has 2 aromatic carbocycles. The molecule has 0 aliphatic carbocycles. The molecule has 0 saturated carbocycles. The van der Waals surface area contributed by atoms with Crippen LogP contribution in [-0.2, 0) is 0 Å². The molecular formula is C17H15NO2. The monoisotopic (exact) mass is 265 g/mol. The fraction of sp³-hybridized carbons (Fsp3) is 0.118. The van der Waals surface area contributed by atoms with E-state index in [2.05, 4.69) is 4.98 Å². The standard InChI is InChI=1S/C17H15NO2/c1-11-4-3-5-14-15(10-16(19)18-17(11)14)12-6-8-13(20-2)9-7-12/h3-10H,1-2H3,(H,18,19). The Hall–Kier alpha value is -2.55. The van der Waals surface area contributed by atoms with Gasteiger partial charge in [-0.25, -0.2) is 0 Å². The minimum Gasteiger partial charge on any atom is -0.497 e. The summed E-state index contributed by atoms with van der Waals surface area (Å²) in [6.45, 7) is 2.00. The summed E-state index contributed by atoms with van der Waals surface area (Å²) in [5, 5.41) is 1.05. The van der Waals surface area contributed by atoms with Crippen molar-refractivity contribution in [2.24, 2.45) is 0 Å². The van der Waals surface area contributed by atoms with Gasteiger partial charge in [-0.3, -0.25) is 4.79 Å². The molecule has 0 saturated heterocycles. The number of ether oxygens (including phenoxy) is 1. The van der Waals surface area contributed by atoms with Gasteiger partial charge in [0.2, 0.25) is 5.56 Å². The summed E-state index contributed by atoms with van der Waals surface area (Å²) >= 11 is 0. The second-order valence-electron chi connectivity index (χ2n) is 4.77. The first-order valence-corrected chi connectivity index (χ1v) is 6.46. The lowest BCUT2D eigenvalue weighted by Crippen LogP contribution is -2.05. The van der Waals surface area contributed by atoms with Crippen LogP contribution in [0, 0.1) is 6.92 Å². The number of pyridine rings is 1. The summed E-state index contributed by atoms with van der Waals surface area (Å²) in [4.78, 5) is 14.8. The maximum absolute atomic E-state index is 11.9. The predicted octanol–water partition coefficient (Wildman–Crippen LogP) is 3.51. The minimum atomic E-state index is -0.0855. The van der Waals surface area contributed by atoms with Crippen LogP contribution in [0.5, 0.6) is 5.75 Å². The number of aromatic amines is 1. The van der Waals surface area contributed by atoms with E-state index in [1.165, 1.54) is 0 Å². The first-order valence-electron chi connectivity index (χ1n) is 6.46. The van der Waals surface area contributed by atoms with Crippen molar-refractivity contribution < 1.29 is 4.74 Å². The molecule has 100 valence electrons. The predicted molar refractivity (Wildman–Crippen MR) is 81.3 cm³/mol. The summed E-state index contributed by atoms with van der Waals surface area (Å²) in [6.07, 6.45) is 0. The van der Waals surface area contributed by atoms with Crippen molar-refractivity contribution in [1.29, 1.82) is 0 Å². The number of aryl methyl sites for hydroxylation is 1. The third kappa shape index (κ3) is 2.07. The molecule has 3 rings (SSSR count). The van der Waals surface area contributed by atoms with E-state index in [0.717, 1.165) is 33.3 Å². The van der Waals surface area contributed by atoms with Crippen LogP contribution in [0.25, 0.3) is 22.0 Å². The van der Waals surface area contributed by atoms with Gasteiger partial charge in [0.25, 0.3) is 0 Å². The van der Waals surface area contributed by atoms with Crippen molar-refractivity contribution in [3.8, 4) is 16.9 Å². The van der Waals surface area contributed by atoms with Crippen molar-refractivity contribution in [3.63, 3.8) is 0 Å². The quantitative estimate of drug-likeness (QED) is 0.770. The maximum Gasteiger partial charge on any atom is 0.249 e. The number of aromatic nitrogens is 1. The summed E-state index contributed by atoms with van der Waals surface area (Å²) in [5.74, 6) is 0.805. The molecule has 3 heteroatoms. The number of fused-ring (bicyclic) bond motifs is 1. The van der Waals surface area contributed by atoms with Crippen LogP contribution in [-0.4, -0.2) is 12.1 Å². The normalized spacial score (nSPS) is 10.7. The molecule has 0 fully saturated rings. The van der Waals surface area contributed by atoms with Gasteiger partial charge in [-0.1, -0.05) is 30.3 Å². The minimum absolute atomic E-state index is 0.0855. The van der Waals surface area contributed by atoms with Crippen molar-refractivity contribution in [1.82, 2.24) is 4.98 Å². The average Bonchev–Trinajstić information content (AvgIpc) is 2.48. The molecule has 0 aliphatic heterocycles. The number of hydrogen-bond donors (Lipinski definition) is 1. The Bertz CT molecular complexity index is 817. The first kappa shape index (κ1) is 12.5. The van der Waals surface area contributed by atoms with E-state index < -0.39 is 0 Å². The number of methoxy groups -OCH3 is 1. The molecule has 0 unspecified atom stereocenters. The molecule has 0 atom stereocenters. The van der Waals surface area contributed by atoms with Gasteiger partial charge in [0.15, 0.2) is 0 Å². The fourth-order valence-electron chi connectivity index (χ4n) is 2.44. The van der Waals surface area contributed by atoms with Gasteiger partial charge in [0.05, 0.1) is 12.6 Å². The van der Waals surface area contributed by atoms with E-state index in [-0.39, 0.29) is 5.56 Å². The molecule has 3 nitrogen and oxygen atoms in total. The summed E-state index contributed by atoms with van der Waals surface area (Å²) in [6, 6.07) is 15.4. The molecule has 3 aromatic rings. The third-order valence-electron chi connectivity index (χ3n) is 3.49. The highest BCUT2D eigenvalue weighted by Gasteiger charge is 2.07. The van der Waals surface area contributed by atoms with Crippen molar-refractivity contribution in [2.45, 2.75) is 6.92 Å². The summed E-state index contributed by atoms with van der Waals surface area (Å²) in [7, 11) is 1.64. The zero-order chi connectivity index (χ0) is 14.1. The van der Waals surface area contributed by atoms with E-state index in [1.54, 1.807) is 13.2 Å². The van der Waals surface area contributed by atoms with E-state index >= 15 is 0 Å². The van der Waals surface area contributed by atoms with Crippen LogP contribution < -0.4 is 10.3 Å². The first-order chi connectivity index (χ1) is 9.69. The highest BCUT2D eigenvalue weighted by molar-refractivity contribution is 5.95. The van der Waals surface area contributed by atoms with Gasteiger partial charge in [0, 0.05) is 11.5 Å². The van der Waals surface area contributed by atoms with Crippen molar-refractivity contribution in [2.75, 3.05) is 7.11 Å². The van der Waals surface area contributed by atoms with Gasteiger partial charge < -0.3 is 9.72 Å². The third-order valence-corrected chi connectivity index (χ3v) is 3.49. The highest BCUT2D eigenvalue weighted by atomic mass is 16.5. The summed E-state index contributed by atoms with van der Waals surface area (Å²) in [5.41, 5.74) is 3.82. The lowest BCUT2D eigenvalue weighted by molar-refractivity contribution is 0.415. The number of benzene rings is 2. The van der Waals surface area contributed by atoms with Crippen LogP contribution in [0.2, 0.25) is 0 Å². The lowest BCUT2D eigenvalue weighted by atomic mass is 9.99. The van der Waals surface area contributed by atoms with Crippen LogP contribution in [0.3, 0.4) is 0 Å². The molecule has 0 amide bonds. The number of hydrogen-bond acceptors (Lipinski definition) is 2. The largest absolute Gasteiger partial charge is 0.497 e. The molecule has 20 heavy (non-hydrogen) atoms. The molecule has 1 aromatic heterocycles. The Morgan fingerprint density at radius 1 is 1.05 bits per heavy atom. The zero-order valence-corrected chi connectivity index (χ0v) is 11.4. The average molecular weight is 265 g/mol. The number of H-pyrrole nitrogens is 1. The van der Waals surface area contributed by atoms with Crippen LogP contribution in [0.15, 0.2) is 53.3 Å². The van der Waals surface area contributed by atoms with E-state index in [9.17, 15) is 4.79 Å². The SMILES string of the molecule is COc1ccc(-c2cc(=O)[nH]c3c(C)cccc23)cc1. The second-order valence-corrected chi connectivity index (χ2v) is 4.77. The number of rotatable bonds is 2. The Morgan fingerprint density at radius 3 is 2.50 bits per heavy atom. The number of para-hydroxylation sites is 1. The van der Waals surface area contributed by atoms with Gasteiger partial charge in [-0.2, -0.15) is 0 Å². The maximum atomic E-state index is 11.9. The Balaban J connectivity index is 2.29. The Kier molecular flexibility index (Phi) is 3.03. The molecule has 0 aliphatic rings. The highest BCUT2D eigenvalue weighted by Crippen LogP contribution is 2.28. The molecule has 1 heterocycles. The van der Waals surface area contributed by atoms with Gasteiger partial charge >= 0.3 is 0 Å². The van der Waals surface area contributed by atoms with Gasteiger partial charge in [-0.15, -0.1) is 0 Å². The Morgan fingerprint density at radius 2 is 1.80 bits per heavy atom. The van der Waals surface area contributed by atoms with Crippen LogP contribution in [0.1, 0.15) is 5.56 Å². The molecular weight excluding hydrogens is 250 g/mol. The smallest absolute Gasteiger partial charge is 0.249 e. The van der Waals surface area contributed by atoms with E-state index in [4.69, 9.17) is 4.74 Å². The number of nitrogens with one attached hydrogen (secondary N) is 1. The topological polar surface area (TPSA) is 42.1 Å². The second kappa shape index (κ2) is 4.85. The lowest BCUT2D eigenvalue weighted by Gasteiger charge is -2.09. The van der Waals surface area contributed by atoms with Gasteiger partial charge in [-0.05, 0) is 35.7 Å². The van der Waals surface area contributed by atoms with E-state index in [1.807, 2.05) is 49.4 Å². The molecule has 0 spiro atoms.